The molecule has 1 heterocycles. The summed E-state index contributed by atoms with van der Waals surface area (Å²) >= 11 is 0. The van der Waals surface area contributed by atoms with Crippen LogP contribution in [0.15, 0.2) is 42.0 Å². The summed E-state index contributed by atoms with van der Waals surface area (Å²) in [5, 5.41) is 11.4. The van der Waals surface area contributed by atoms with E-state index in [9.17, 15) is 19.5 Å². The van der Waals surface area contributed by atoms with Crippen molar-refractivity contribution >= 4 is 23.4 Å². The van der Waals surface area contributed by atoms with Gasteiger partial charge >= 0.3 is 5.97 Å². The second-order valence-corrected chi connectivity index (χ2v) is 8.17. The largest absolute Gasteiger partial charge is 0.507 e. The van der Waals surface area contributed by atoms with Crippen molar-refractivity contribution in [3.8, 4) is 11.5 Å². The fourth-order valence-corrected chi connectivity index (χ4v) is 4.25. The van der Waals surface area contributed by atoms with Crippen molar-refractivity contribution < 1.29 is 29.0 Å². The molecule has 33 heavy (non-hydrogen) atoms. The lowest BCUT2D eigenvalue weighted by Crippen LogP contribution is -2.30. The van der Waals surface area contributed by atoms with Crippen LogP contribution in [-0.2, 0) is 14.4 Å². The first kappa shape index (κ1) is 24.0. The molecule has 0 bridgehead atoms. The van der Waals surface area contributed by atoms with Crippen LogP contribution in [0.3, 0.4) is 0 Å². The lowest BCUT2D eigenvalue weighted by molar-refractivity contribution is -0.139. The molecule has 2 aromatic rings. The first-order valence-electron chi connectivity index (χ1n) is 10.9. The Kier molecular flexibility index (Phi) is 7.21. The molecule has 3 rings (SSSR count). The molecule has 0 spiro atoms. The lowest BCUT2D eigenvalue weighted by atomic mass is 9.93. The van der Waals surface area contributed by atoms with E-state index in [-0.39, 0.29) is 11.3 Å². The molecule has 0 radical (unpaired) electrons. The molecular formula is C26H29NO6. The number of carbonyl (C=O) groups is 3. The molecule has 1 aliphatic rings. The Hall–Kier alpha value is -3.61. The van der Waals surface area contributed by atoms with Gasteiger partial charge in [0.2, 0.25) is 0 Å². The number of amides is 1. The number of benzene rings is 2. The molecule has 1 aliphatic heterocycles. The molecular weight excluding hydrogens is 422 g/mol. The van der Waals surface area contributed by atoms with Crippen molar-refractivity contribution in [3.05, 3.63) is 64.2 Å². The molecule has 1 fully saturated rings. The average Bonchev–Trinajstić information content (AvgIpc) is 3.01. The number of hydrogen-bond acceptors (Lipinski definition) is 6. The number of unbranched alkanes of at least 4 members (excludes halogenated alkanes) is 1. The Bertz CT molecular complexity index is 1130. The number of Topliss-reactive ketones (excluding diaryl/α,β-unsaturated/α-hetero) is 1. The van der Waals surface area contributed by atoms with Gasteiger partial charge in [-0.1, -0.05) is 31.5 Å². The van der Waals surface area contributed by atoms with E-state index in [2.05, 4.69) is 0 Å². The lowest BCUT2D eigenvalue weighted by Gasteiger charge is -2.25. The van der Waals surface area contributed by atoms with Crippen molar-refractivity contribution in [3.63, 3.8) is 0 Å². The molecule has 1 unspecified atom stereocenters. The van der Waals surface area contributed by atoms with E-state index >= 15 is 0 Å². The van der Waals surface area contributed by atoms with Crippen LogP contribution in [0.1, 0.15) is 55.0 Å². The monoisotopic (exact) mass is 451 g/mol. The number of methoxy groups -OCH3 is 1. The number of aryl methyl sites for hydroxylation is 2. The fraction of sp³-hybridized carbons (Fsp3) is 0.346. The van der Waals surface area contributed by atoms with E-state index in [0.717, 1.165) is 17.5 Å². The second kappa shape index (κ2) is 9.90. The fourth-order valence-electron chi connectivity index (χ4n) is 4.25. The van der Waals surface area contributed by atoms with Crippen LogP contribution in [0, 0.1) is 13.8 Å². The summed E-state index contributed by atoms with van der Waals surface area (Å²) in [5.74, 6) is -1.47. The second-order valence-electron chi connectivity index (χ2n) is 8.17. The maximum atomic E-state index is 13.2. The summed E-state index contributed by atoms with van der Waals surface area (Å²) < 4.78 is 10.7. The van der Waals surface area contributed by atoms with Gasteiger partial charge < -0.3 is 19.5 Å². The molecule has 174 valence electrons. The van der Waals surface area contributed by atoms with Crippen molar-refractivity contribution in [1.29, 1.82) is 0 Å². The van der Waals surface area contributed by atoms with Gasteiger partial charge in [0.05, 0.1) is 24.3 Å². The highest BCUT2D eigenvalue weighted by Crippen LogP contribution is 2.42. The van der Waals surface area contributed by atoms with Gasteiger partial charge in [-0.05, 0) is 55.2 Å². The average molecular weight is 452 g/mol. The molecule has 1 amide bonds. The maximum absolute atomic E-state index is 13.2. The van der Waals surface area contributed by atoms with Crippen LogP contribution < -0.4 is 9.47 Å². The van der Waals surface area contributed by atoms with Gasteiger partial charge in [0.25, 0.3) is 11.7 Å². The number of carbonyl (C=O) groups excluding carboxylic acids is 3. The number of ketones is 1. The van der Waals surface area contributed by atoms with Crippen molar-refractivity contribution in [2.75, 3.05) is 13.7 Å². The minimum absolute atomic E-state index is 0.0145. The predicted molar refractivity (Wildman–Crippen MR) is 124 cm³/mol. The molecule has 1 atom stereocenters. The highest BCUT2D eigenvalue weighted by Gasteiger charge is 2.46. The number of rotatable bonds is 7. The van der Waals surface area contributed by atoms with E-state index in [4.69, 9.17) is 9.47 Å². The summed E-state index contributed by atoms with van der Waals surface area (Å²) in [6.45, 7) is 7.37. The van der Waals surface area contributed by atoms with Crippen LogP contribution >= 0.6 is 0 Å². The Morgan fingerprint density at radius 2 is 1.88 bits per heavy atom. The topological polar surface area (TPSA) is 93.1 Å². The van der Waals surface area contributed by atoms with E-state index in [0.29, 0.717) is 35.6 Å². The van der Waals surface area contributed by atoms with Gasteiger partial charge in [0.15, 0.2) is 0 Å². The van der Waals surface area contributed by atoms with Gasteiger partial charge in [0, 0.05) is 13.5 Å². The van der Waals surface area contributed by atoms with Crippen LogP contribution in [0.2, 0.25) is 0 Å². The van der Waals surface area contributed by atoms with E-state index in [1.54, 1.807) is 30.3 Å². The molecule has 7 nitrogen and oxygen atoms in total. The summed E-state index contributed by atoms with van der Waals surface area (Å²) in [5.41, 5.74) is 2.58. The molecule has 0 saturated carbocycles. The van der Waals surface area contributed by atoms with Gasteiger partial charge in [0.1, 0.15) is 17.3 Å². The van der Waals surface area contributed by atoms with Gasteiger partial charge in [-0.25, -0.2) is 0 Å². The smallest absolute Gasteiger partial charge is 0.308 e. The zero-order valence-corrected chi connectivity index (χ0v) is 19.6. The third kappa shape index (κ3) is 4.77. The summed E-state index contributed by atoms with van der Waals surface area (Å²) in [7, 11) is 1.49. The minimum Gasteiger partial charge on any atom is -0.507 e. The van der Waals surface area contributed by atoms with E-state index in [1.807, 2.05) is 26.8 Å². The van der Waals surface area contributed by atoms with Crippen LogP contribution in [-0.4, -0.2) is 41.3 Å². The molecule has 1 saturated heterocycles. The third-order valence-corrected chi connectivity index (χ3v) is 5.61. The zero-order chi connectivity index (χ0) is 24.3. The SMILES string of the molecule is CCCCN1C(=O)C(=O)/C(=C(/O)c2cc(C)cc(C)c2OC)C1c1cccc(OC(C)=O)c1. The first-order valence-corrected chi connectivity index (χ1v) is 10.9. The number of hydrogen-bond donors (Lipinski definition) is 1. The van der Waals surface area contributed by atoms with Crippen molar-refractivity contribution in [2.24, 2.45) is 0 Å². The number of esters is 1. The van der Waals surface area contributed by atoms with Gasteiger partial charge in [-0.15, -0.1) is 0 Å². The van der Waals surface area contributed by atoms with Crippen LogP contribution in [0.4, 0.5) is 0 Å². The standard InChI is InChI=1S/C26H29NO6/c1-6-7-11-27-22(18-9-8-10-19(14-18)33-17(4)28)21(24(30)26(27)31)23(29)20-13-15(2)12-16(3)25(20)32-5/h8-10,12-14,22,29H,6-7,11H2,1-5H3/b23-21+. The predicted octanol–water partition coefficient (Wildman–Crippen LogP) is 4.46. The number of ether oxygens (including phenoxy) is 2. The minimum atomic E-state index is -0.822. The molecule has 1 N–H and O–H groups in total. The Morgan fingerprint density at radius 1 is 1.15 bits per heavy atom. The zero-order valence-electron chi connectivity index (χ0n) is 19.6. The summed E-state index contributed by atoms with van der Waals surface area (Å²) in [4.78, 5) is 39.1. The molecule has 0 aliphatic carbocycles. The highest BCUT2D eigenvalue weighted by molar-refractivity contribution is 6.46. The first-order chi connectivity index (χ1) is 15.7. The number of likely N-dealkylation sites (tertiary alicyclic amines) is 1. The van der Waals surface area contributed by atoms with E-state index < -0.39 is 23.7 Å². The number of nitrogens with zero attached hydrogens (tertiary/aromatic N) is 1. The summed E-state index contributed by atoms with van der Waals surface area (Å²) in [6, 6.07) is 9.48. The van der Waals surface area contributed by atoms with E-state index in [1.165, 1.54) is 18.9 Å². The van der Waals surface area contributed by atoms with Gasteiger partial charge in [-0.2, -0.15) is 0 Å². The maximum Gasteiger partial charge on any atom is 0.308 e. The normalized spacial score (nSPS) is 17.4. The van der Waals surface area contributed by atoms with Crippen molar-refractivity contribution in [1.82, 2.24) is 4.90 Å². The van der Waals surface area contributed by atoms with Crippen molar-refractivity contribution in [2.45, 2.75) is 46.6 Å². The Labute approximate surface area is 193 Å². The Balaban J connectivity index is 2.25. The highest BCUT2D eigenvalue weighted by atomic mass is 16.5. The third-order valence-electron chi connectivity index (χ3n) is 5.61. The molecule has 0 aromatic heterocycles. The molecule has 2 aromatic carbocycles. The number of aliphatic hydroxyl groups excluding tert-OH is 1. The van der Waals surface area contributed by atoms with Crippen LogP contribution in [0.25, 0.3) is 5.76 Å². The molecule has 7 heteroatoms. The Morgan fingerprint density at radius 3 is 2.52 bits per heavy atom. The quantitative estimate of drug-likeness (QED) is 0.220. The van der Waals surface area contributed by atoms with Gasteiger partial charge in [-0.3, -0.25) is 14.4 Å². The van der Waals surface area contributed by atoms with Crippen LogP contribution in [0.5, 0.6) is 11.5 Å². The summed E-state index contributed by atoms with van der Waals surface area (Å²) in [6.07, 6.45) is 1.52. The number of aliphatic hydroxyl groups is 1.